The SMILES string of the molecule is CNC(C)CNC(=O)c1ccc(C)c(O)c1. The summed E-state index contributed by atoms with van der Waals surface area (Å²) in [5.74, 6) is -0.0216. The van der Waals surface area contributed by atoms with E-state index in [1.807, 2.05) is 14.0 Å². The lowest BCUT2D eigenvalue weighted by atomic mass is 10.1. The van der Waals surface area contributed by atoms with Gasteiger partial charge in [-0.05, 0) is 38.6 Å². The second kappa shape index (κ2) is 5.51. The average molecular weight is 222 g/mol. The van der Waals surface area contributed by atoms with Crippen LogP contribution in [0.3, 0.4) is 0 Å². The number of phenolic OH excluding ortho intramolecular Hbond substituents is 1. The summed E-state index contributed by atoms with van der Waals surface area (Å²) >= 11 is 0. The van der Waals surface area contributed by atoms with Crippen LogP contribution in [-0.2, 0) is 0 Å². The molecule has 0 fully saturated rings. The fourth-order valence-electron chi connectivity index (χ4n) is 1.20. The Morgan fingerprint density at radius 2 is 2.19 bits per heavy atom. The van der Waals surface area contributed by atoms with Gasteiger partial charge in [0.1, 0.15) is 5.75 Å². The van der Waals surface area contributed by atoms with Gasteiger partial charge in [0, 0.05) is 18.2 Å². The molecule has 16 heavy (non-hydrogen) atoms. The van der Waals surface area contributed by atoms with Gasteiger partial charge in [-0.3, -0.25) is 4.79 Å². The molecule has 0 aliphatic carbocycles. The highest BCUT2D eigenvalue weighted by molar-refractivity contribution is 5.94. The zero-order valence-corrected chi connectivity index (χ0v) is 9.87. The van der Waals surface area contributed by atoms with Gasteiger partial charge in [-0.1, -0.05) is 6.07 Å². The summed E-state index contributed by atoms with van der Waals surface area (Å²) in [5.41, 5.74) is 1.24. The number of phenols is 1. The Hall–Kier alpha value is -1.55. The second-order valence-corrected chi connectivity index (χ2v) is 3.90. The summed E-state index contributed by atoms with van der Waals surface area (Å²) < 4.78 is 0. The highest BCUT2D eigenvalue weighted by Gasteiger charge is 2.08. The van der Waals surface area contributed by atoms with E-state index in [0.29, 0.717) is 12.1 Å². The highest BCUT2D eigenvalue weighted by Crippen LogP contribution is 2.17. The zero-order chi connectivity index (χ0) is 12.1. The predicted molar refractivity (Wildman–Crippen MR) is 63.7 cm³/mol. The maximum Gasteiger partial charge on any atom is 0.251 e. The number of aromatic hydroxyl groups is 1. The van der Waals surface area contributed by atoms with E-state index < -0.39 is 0 Å². The van der Waals surface area contributed by atoms with Gasteiger partial charge in [-0.15, -0.1) is 0 Å². The third-order valence-electron chi connectivity index (χ3n) is 2.53. The van der Waals surface area contributed by atoms with Crippen molar-refractivity contribution in [3.8, 4) is 5.75 Å². The van der Waals surface area contributed by atoms with Crippen LogP contribution in [0, 0.1) is 6.92 Å². The highest BCUT2D eigenvalue weighted by atomic mass is 16.3. The first-order valence-electron chi connectivity index (χ1n) is 5.29. The lowest BCUT2D eigenvalue weighted by molar-refractivity contribution is 0.0950. The van der Waals surface area contributed by atoms with Crippen molar-refractivity contribution in [1.29, 1.82) is 0 Å². The molecule has 4 nitrogen and oxygen atoms in total. The third kappa shape index (κ3) is 3.24. The van der Waals surface area contributed by atoms with E-state index >= 15 is 0 Å². The van der Waals surface area contributed by atoms with Crippen molar-refractivity contribution in [3.63, 3.8) is 0 Å². The molecule has 1 amide bonds. The molecular formula is C12H18N2O2. The minimum absolute atomic E-state index is 0.148. The van der Waals surface area contributed by atoms with Crippen molar-refractivity contribution in [2.75, 3.05) is 13.6 Å². The van der Waals surface area contributed by atoms with Crippen molar-refractivity contribution >= 4 is 5.91 Å². The number of hydrogen-bond donors (Lipinski definition) is 3. The van der Waals surface area contributed by atoms with Gasteiger partial charge >= 0.3 is 0 Å². The minimum atomic E-state index is -0.169. The van der Waals surface area contributed by atoms with Gasteiger partial charge in [0.05, 0.1) is 0 Å². The summed E-state index contributed by atoms with van der Waals surface area (Å²) in [6.45, 7) is 4.33. The first-order valence-corrected chi connectivity index (χ1v) is 5.29. The molecule has 0 aromatic heterocycles. The largest absolute Gasteiger partial charge is 0.508 e. The van der Waals surface area contributed by atoms with Crippen LogP contribution >= 0.6 is 0 Å². The maximum atomic E-state index is 11.7. The van der Waals surface area contributed by atoms with Gasteiger partial charge < -0.3 is 15.7 Å². The van der Waals surface area contributed by atoms with Crippen LogP contribution in [-0.4, -0.2) is 30.6 Å². The van der Waals surface area contributed by atoms with E-state index in [2.05, 4.69) is 10.6 Å². The molecule has 0 heterocycles. The molecule has 1 aromatic carbocycles. The van der Waals surface area contributed by atoms with E-state index in [-0.39, 0.29) is 17.7 Å². The van der Waals surface area contributed by atoms with E-state index in [4.69, 9.17) is 0 Å². The molecule has 0 spiro atoms. The Kier molecular flexibility index (Phi) is 4.31. The lowest BCUT2D eigenvalue weighted by Gasteiger charge is -2.11. The Morgan fingerprint density at radius 3 is 2.75 bits per heavy atom. The van der Waals surface area contributed by atoms with Gasteiger partial charge in [-0.2, -0.15) is 0 Å². The number of carbonyl (C=O) groups is 1. The molecule has 1 aromatic rings. The third-order valence-corrected chi connectivity index (χ3v) is 2.53. The number of nitrogens with one attached hydrogen (secondary N) is 2. The van der Waals surface area contributed by atoms with Gasteiger partial charge in [0.15, 0.2) is 0 Å². The second-order valence-electron chi connectivity index (χ2n) is 3.90. The molecule has 3 N–H and O–H groups in total. The molecule has 0 bridgehead atoms. The van der Waals surface area contributed by atoms with Crippen LogP contribution < -0.4 is 10.6 Å². The number of aryl methyl sites for hydroxylation is 1. The van der Waals surface area contributed by atoms with Crippen LogP contribution in [0.1, 0.15) is 22.8 Å². The Balaban J connectivity index is 2.63. The van der Waals surface area contributed by atoms with Crippen LogP contribution in [0.15, 0.2) is 18.2 Å². The van der Waals surface area contributed by atoms with Gasteiger partial charge in [0.2, 0.25) is 0 Å². The normalized spacial score (nSPS) is 12.2. The van der Waals surface area contributed by atoms with Crippen molar-refractivity contribution in [2.45, 2.75) is 19.9 Å². The summed E-state index contributed by atoms with van der Waals surface area (Å²) in [6, 6.07) is 5.14. The van der Waals surface area contributed by atoms with Gasteiger partial charge in [-0.25, -0.2) is 0 Å². The molecule has 0 radical (unpaired) electrons. The number of likely N-dealkylation sites (N-methyl/N-ethyl adjacent to an activating group) is 1. The molecule has 4 heteroatoms. The first kappa shape index (κ1) is 12.5. The van der Waals surface area contributed by atoms with Crippen molar-refractivity contribution in [2.24, 2.45) is 0 Å². The first-order chi connectivity index (χ1) is 7.54. The van der Waals surface area contributed by atoms with Crippen LogP contribution in [0.2, 0.25) is 0 Å². The van der Waals surface area contributed by atoms with E-state index in [1.165, 1.54) is 6.07 Å². The standard InChI is InChI=1S/C12H18N2O2/c1-8-4-5-10(6-11(8)15)12(16)14-7-9(2)13-3/h4-6,9,13,15H,7H2,1-3H3,(H,14,16). The predicted octanol–water partition coefficient (Wildman–Crippen LogP) is 1.04. The lowest BCUT2D eigenvalue weighted by Crippen LogP contribution is -2.37. The number of benzene rings is 1. The smallest absolute Gasteiger partial charge is 0.251 e. The number of carbonyl (C=O) groups excluding carboxylic acids is 1. The zero-order valence-electron chi connectivity index (χ0n) is 9.87. The molecule has 0 saturated carbocycles. The van der Waals surface area contributed by atoms with Gasteiger partial charge in [0.25, 0.3) is 5.91 Å². The summed E-state index contributed by atoms with van der Waals surface area (Å²) in [6.07, 6.45) is 0. The molecule has 0 saturated heterocycles. The van der Waals surface area contributed by atoms with Crippen molar-refractivity contribution in [3.05, 3.63) is 29.3 Å². The molecule has 1 rings (SSSR count). The summed E-state index contributed by atoms with van der Waals surface area (Å²) in [4.78, 5) is 11.7. The quantitative estimate of drug-likeness (QED) is 0.713. The Morgan fingerprint density at radius 1 is 1.50 bits per heavy atom. The fraction of sp³-hybridized carbons (Fsp3) is 0.417. The molecule has 0 aliphatic rings. The Labute approximate surface area is 95.7 Å². The number of hydrogen-bond acceptors (Lipinski definition) is 3. The topological polar surface area (TPSA) is 61.4 Å². The number of rotatable bonds is 4. The maximum absolute atomic E-state index is 11.7. The molecule has 1 unspecified atom stereocenters. The van der Waals surface area contributed by atoms with Crippen molar-refractivity contribution in [1.82, 2.24) is 10.6 Å². The van der Waals surface area contributed by atoms with E-state index in [0.717, 1.165) is 5.56 Å². The minimum Gasteiger partial charge on any atom is -0.508 e. The van der Waals surface area contributed by atoms with Crippen LogP contribution in [0.5, 0.6) is 5.75 Å². The molecule has 0 aliphatic heterocycles. The van der Waals surface area contributed by atoms with E-state index in [1.54, 1.807) is 19.1 Å². The van der Waals surface area contributed by atoms with Crippen LogP contribution in [0.4, 0.5) is 0 Å². The summed E-state index contributed by atoms with van der Waals surface area (Å²) in [5, 5.41) is 15.3. The summed E-state index contributed by atoms with van der Waals surface area (Å²) in [7, 11) is 1.84. The fourth-order valence-corrected chi connectivity index (χ4v) is 1.20. The average Bonchev–Trinajstić information content (AvgIpc) is 2.29. The monoisotopic (exact) mass is 222 g/mol. The molecular weight excluding hydrogens is 204 g/mol. The molecule has 1 atom stereocenters. The number of amides is 1. The van der Waals surface area contributed by atoms with Crippen molar-refractivity contribution < 1.29 is 9.90 Å². The Bertz CT molecular complexity index is 377. The molecule has 88 valence electrons. The van der Waals surface area contributed by atoms with Crippen LogP contribution in [0.25, 0.3) is 0 Å². The van der Waals surface area contributed by atoms with E-state index in [9.17, 15) is 9.90 Å².